The smallest absolute Gasteiger partial charge is 0.251 e. The average Bonchev–Trinajstić information content (AvgIpc) is 2.74. The van der Waals surface area contributed by atoms with E-state index < -0.39 is 0 Å². The second-order valence-corrected chi connectivity index (χ2v) is 5.66. The van der Waals surface area contributed by atoms with Crippen molar-refractivity contribution in [1.82, 2.24) is 5.32 Å². The maximum atomic E-state index is 12.2. The molecule has 1 aromatic carbocycles. The van der Waals surface area contributed by atoms with Crippen molar-refractivity contribution in [3.8, 4) is 0 Å². The summed E-state index contributed by atoms with van der Waals surface area (Å²) < 4.78 is 0. The largest absolute Gasteiger partial charge is 0.397 e. The molecule has 1 aliphatic carbocycles. The van der Waals surface area contributed by atoms with Crippen LogP contribution in [0.4, 0.5) is 11.4 Å². The molecule has 1 fully saturated rings. The fourth-order valence-electron chi connectivity index (χ4n) is 2.71. The molecule has 2 unspecified atom stereocenters. The van der Waals surface area contributed by atoms with Gasteiger partial charge < -0.3 is 16.0 Å². The van der Waals surface area contributed by atoms with Gasteiger partial charge in [-0.25, -0.2) is 0 Å². The van der Waals surface area contributed by atoms with Crippen LogP contribution in [0.25, 0.3) is 0 Å². The summed E-state index contributed by atoms with van der Waals surface area (Å²) >= 11 is 0. The van der Waals surface area contributed by atoms with E-state index in [0.717, 1.165) is 12.1 Å². The molecule has 4 nitrogen and oxygen atoms in total. The van der Waals surface area contributed by atoms with Crippen LogP contribution in [0.5, 0.6) is 0 Å². The number of nitrogen functional groups attached to an aromatic ring is 1. The zero-order valence-electron chi connectivity index (χ0n) is 11.9. The highest BCUT2D eigenvalue weighted by Crippen LogP contribution is 2.26. The third-order valence-corrected chi connectivity index (χ3v) is 3.95. The zero-order valence-corrected chi connectivity index (χ0v) is 11.9. The lowest BCUT2D eigenvalue weighted by Crippen LogP contribution is -2.36. The predicted molar refractivity (Wildman–Crippen MR) is 79.5 cm³/mol. The van der Waals surface area contributed by atoms with E-state index in [1.54, 1.807) is 6.07 Å². The molecule has 1 aliphatic rings. The fraction of sp³-hybridized carbons (Fsp3) is 0.533. The van der Waals surface area contributed by atoms with E-state index >= 15 is 0 Å². The van der Waals surface area contributed by atoms with Gasteiger partial charge in [-0.1, -0.05) is 13.3 Å². The Morgan fingerprint density at radius 1 is 1.37 bits per heavy atom. The second kappa shape index (κ2) is 5.51. The van der Waals surface area contributed by atoms with Gasteiger partial charge in [0.15, 0.2) is 0 Å². The van der Waals surface area contributed by atoms with Crippen molar-refractivity contribution in [2.24, 2.45) is 5.92 Å². The van der Waals surface area contributed by atoms with Gasteiger partial charge in [0.1, 0.15) is 0 Å². The van der Waals surface area contributed by atoms with Crippen molar-refractivity contribution in [1.29, 1.82) is 0 Å². The standard InChI is InChI=1S/C15H23N3O/c1-10-5-4-6-13(10)17-15(19)11-7-8-14(18(2)3)12(16)9-11/h7-10,13H,4-6,16H2,1-3H3,(H,17,19). The van der Waals surface area contributed by atoms with Crippen LogP contribution >= 0.6 is 0 Å². The lowest BCUT2D eigenvalue weighted by Gasteiger charge is -2.19. The molecule has 2 atom stereocenters. The number of anilines is 2. The van der Waals surface area contributed by atoms with E-state index in [2.05, 4.69) is 12.2 Å². The average molecular weight is 261 g/mol. The maximum Gasteiger partial charge on any atom is 0.251 e. The summed E-state index contributed by atoms with van der Waals surface area (Å²) in [5, 5.41) is 3.11. The molecule has 1 amide bonds. The summed E-state index contributed by atoms with van der Waals surface area (Å²) in [5.74, 6) is 0.554. The predicted octanol–water partition coefficient (Wildman–Crippen LogP) is 2.25. The molecule has 1 aromatic rings. The van der Waals surface area contributed by atoms with E-state index in [1.807, 2.05) is 31.1 Å². The zero-order chi connectivity index (χ0) is 14.0. The van der Waals surface area contributed by atoms with Crippen molar-refractivity contribution in [3.63, 3.8) is 0 Å². The number of hydrogen-bond donors (Lipinski definition) is 2. The number of nitrogens with two attached hydrogens (primary N) is 1. The third-order valence-electron chi connectivity index (χ3n) is 3.95. The minimum atomic E-state index is -0.0178. The van der Waals surface area contributed by atoms with Crippen LogP contribution in [-0.2, 0) is 0 Å². The Kier molecular flexibility index (Phi) is 3.98. The Hall–Kier alpha value is -1.71. The minimum absolute atomic E-state index is 0.0178. The normalized spacial score (nSPS) is 22.3. The van der Waals surface area contributed by atoms with Crippen LogP contribution in [-0.4, -0.2) is 26.0 Å². The fourth-order valence-corrected chi connectivity index (χ4v) is 2.71. The van der Waals surface area contributed by atoms with E-state index in [1.165, 1.54) is 12.8 Å². The Balaban J connectivity index is 2.09. The van der Waals surface area contributed by atoms with Crippen LogP contribution in [0.2, 0.25) is 0 Å². The van der Waals surface area contributed by atoms with Gasteiger partial charge in [0.05, 0.1) is 11.4 Å². The summed E-state index contributed by atoms with van der Waals surface area (Å²) in [6.45, 7) is 2.20. The van der Waals surface area contributed by atoms with Crippen LogP contribution < -0.4 is 16.0 Å². The number of carbonyl (C=O) groups excluding carboxylic acids is 1. The highest BCUT2D eigenvalue weighted by molar-refractivity contribution is 5.96. The van der Waals surface area contributed by atoms with Crippen molar-refractivity contribution in [2.45, 2.75) is 32.2 Å². The Labute approximate surface area is 115 Å². The van der Waals surface area contributed by atoms with Crippen molar-refractivity contribution >= 4 is 17.3 Å². The van der Waals surface area contributed by atoms with Gasteiger partial charge in [-0.2, -0.15) is 0 Å². The molecular formula is C15H23N3O. The monoisotopic (exact) mass is 261 g/mol. The molecule has 2 rings (SSSR count). The summed E-state index contributed by atoms with van der Waals surface area (Å²) in [4.78, 5) is 14.1. The lowest BCUT2D eigenvalue weighted by molar-refractivity contribution is 0.0929. The van der Waals surface area contributed by atoms with Crippen LogP contribution in [0.1, 0.15) is 36.5 Å². The van der Waals surface area contributed by atoms with Crippen molar-refractivity contribution in [2.75, 3.05) is 24.7 Å². The van der Waals surface area contributed by atoms with Crippen molar-refractivity contribution < 1.29 is 4.79 Å². The summed E-state index contributed by atoms with van der Waals surface area (Å²) in [5.41, 5.74) is 8.19. The van der Waals surface area contributed by atoms with E-state index in [4.69, 9.17) is 5.73 Å². The molecule has 0 heterocycles. The highest BCUT2D eigenvalue weighted by Gasteiger charge is 2.25. The summed E-state index contributed by atoms with van der Waals surface area (Å²) in [6.07, 6.45) is 3.48. The molecular weight excluding hydrogens is 238 g/mol. The molecule has 4 heteroatoms. The molecule has 19 heavy (non-hydrogen) atoms. The number of rotatable bonds is 3. The number of carbonyl (C=O) groups is 1. The molecule has 104 valence electrons. The summed E-state index contributed by atoms with van der Waals surface area (Å²) in [6, 6.07) is 5.79. The Morgan fingerprint density at radius 3 is 2.63 bits per heavy atom. The number of benzene rings is 1. The second-order valence-electron chi connectivity index (χ2n) is 5.66. The first-order valence-electron chi connectivity index (χ1n) is 6.86. The minimum Gasteiger partial charge on any atom is -0.397 e. The lowest BCUT2D eigenvalue weighted by atomic mass is 10.1. The number of nitrogens with zero attached hydrogens (tertiary/aromatic N) is 1. The first-order chi connectivity index (χ1) is 8.99. The molecule has 3 N–H and O–H groups in total. The van der Waals surface area contributed by atoms with Gasteiger partial charge in [-0.05, 0) is 37.0 Å². The topological polar surface area (TPSA) is 58.4 Å². The Morgan fingerprint density at radius 2 is 2.11 bits per heavy atom. The number of amides is 1. The first-order valence-corrected chi connectivity index (χ1v) is 6.86. The van der Waals surface area contributed by atoms with Crippen LogP contribution in [0.15, 0.2) is 18.2 Å². The van der Waals surface area contributed by atoms with Gasteiger partial charge in [0.2, 0.25) is 0 Å². The van der Waals surface area contributed by atoms with Gasteiger partial charge in [0.25, 0.3) is 5.91 Å². The molecule has 0 radical (unpaired) electrons. The third kappa shape index (κ3) is 3.00. The van der Waals surface area contributed by atoms with Gasteiger partial charge >= 0.3 is 0 Å². The molecule has 0 bridgehead atoms. The van der Waals surface area contributed by atoms with Crippen LogP contribution in [0.3, 0.4) is 0 Å². The van der Waals surface area contributed by atoms with Gasteiger partial charge in [-0.3, -0.25) is 4.79 Å². The van der Waals surface area contributed by atoms with E-state index in [-0.39, 0.29) is 5.91 Å². The highest BCUT2D eigenvalue weighted by atomic mass is 16.1. The molecule has 0 aromatic heterocycles. The molecule has 1 saturated carbocycles. The quantitative estimate of drug-likeness (QED) is 0.820. The first kappa shape index (κ1) is 13.7. The van der Waals surface area contributed by atoms with E-state index in [0.29, 0.717) is 23.2 Å². The maximum absolute atomic E-state index is 12.2. The number of hydrogen-bond acceptors (Lipinski definition) is 3. The van der Waals surface area contributed by atoms with E-state index in [9.17, 15) is 4.79 Å². The van der Waals surface area contributed by atoms with Crippen molar-refractivity contribution in [3.05, 3.63) is 23.8 Å². The Bertz CT molecular complexity index is 470. The van der Waals surface area contributed by atoms with Gasteiger partial charge in [-0.15, -0.1) is 0 Å². The van der Waals surface area contributed by atoms with Gasteiger partial charge in [0, 0.05) is 25.7 Å². The SMILES string of the molecule is CC1CCCC1NC(=O)c1ccc(N(C)C)c(N)c1. The number of nitrogens with one attached hydrogen (secondary N) is 1. The molecule has 0 saturated heterocycles. The molecule has 0 spiro atoms. The van der Waals surface area contributed by atoms with Crippen LogP contribution in [0, 0.1) is 5.92 Å². The molecule has 0 aliphatic heterocycles. The summed E-state index contributed by atoms with van der Waals surface area (Å²) in [7, 11) is 3.87.